The fourth-order valence-electron chi connectivity index (χ4n) is 2.24. The van der Waals surface area contributed by atoms with Crippen molar-refractivity contribution in [2.24, 2.45) is 0 Å². The van der Waals surface area contributed by atoms with Gasteiger partial charge in [0.05, 0.1) is 12.2 Å². The highest BCUT2D eigenvalue weighted by molar-refractivity contribution is 5.19. The van der Waals surface area contributed by atoms with E-state index in [9.17, 15) is 0 Å². The van der Waals surface area contributed by atoms with Crippen LogP contribution in [0.1, 0.15) is 38.9 Å². The molecule has 1 aliphatic heterocycles. The van der Waals surface area contributed by atoms with Gasteiger partial charge in [-0.2, -0.15) is 10.4 Å². The van der Waals surface area contributed by atoms with Crippen molar-refractivity contribution in [3.63, 3.8) is 0 Å². The normalized spacial score (nSPS) is 22.2. The van der Waals surface area contributed by atoms with Gasteiger partial charge >= 0.3 is 0 Å². The van der Waals surface area contributed by atoms with Gasteiger partial charge in [-0.25, -0.2) is 0 Å². The third-order valence-electron chi connectivity index (χ3n) is 3.24. The number of hydrogen-bond acceptors (Lipinski definition) is 3. The topological polar surface area (TPSA) is 44.9 Å². The lowest BCUT2D eigenvalue weighted by Crippen LogP contribution is -2.39. The highest BCUT2D eigenvalue weighted by Gasteiger charge is 2.32. The van der Waals surface area contributed by atoms with Gasteiger partial charge in [-0.3, -0.25) is 9.58 Å². The van der Waals surface area contributed by atoms with E-state index in [0.29, 0.717) is 11.7 Å². The van der Waals surface area contributed by atoms with Gasteiger partial charge in [0.1, 0.15) is 11.8 Å². The second-order valence-electron chi connectivity index (χ2n) is 5.33. The molecule has 2 rings (SSSR count). The minimum Gasteiger partial charge on any atom is -0.296 e. The number of likely N-dealkylation sites (tertiary alicyclic amines) is 1. The van der Waals surface area contributed by atoms with Gasteiger partial charge < -0.3 is 0 Å². The van der Waals surface area contributed by atoms with E-state index in [1.54, 1.807) is 12.3 Å². The predicted octanol–water partition coefficient (Wildman–Crippen LogP) is 1.80. The van der Waals surface area contributed by atoms with E-state index < -0.39 is 0 Å². The number of aromatic nitrogens is 2. The van der Waals surface area contributed by atoms with Gasteiger partial charge in [-0.05, 0) is 33.3 Å². The highest BCUT2D eigenvalue weighted by Crippen LogP contribution is 2.27. The first-order chi connectivity index (χ1) is 7.52. The molecule has 4 nitrogen and oxygen atoms in total. The Kier molecular flexibility index (Phi) is 2.73. The maximum atomic E-state index is 8.97. The molecule has 86 valence electrons. The van der Waals surface area contributed by atoms with Crippen LogP contribution in [0.5, 0.6) is 0 Å². The fraction of sp³-hybridized carbons (Fsp3) is 0.667. The molecule has 1 saturated heterocycles. The zero-order valence-electron chi connectivity index (χ0n) is 10.1. The first-order valence-corrected chi connectivity index (χ1v) is 5.71. The van der Waals surface area contributed by atoms with Crippen LogP contribution in [0.2, 0.25) is 0 Å². The van der Waals surface area contributed by atoms with Crippen molar-refractivity contribution >= 4 is 0 Å². The molecule has 0 aliphatic carbocycles. The van der Waals surface area contributed by atoms with E-state index >= 15 is 0 Å². The molecular formula is C12H18N4. The molecule has 0 amide bonds. The summed E-state index contributed by atoms with van der Waals surface area (Å²) in [5.41, 5.74) is 0.870. The van der Waals surface area contributed by atoms with Gasteiger partial charge in [0.15, 0.2) is 0 Å². The van der Waals surface area contributed by atoms with Crippen LogP contribution in [0.15, 0.2) is 12.3 Å². The van der Waals surface area contributed by atoms with Crippen LogP contribution in [0.3, 0.4) is 0 Å². The summed E-state index contributed by atoms with van der Waals surface area (Å²) in [5, 5.41) is 13.2. The molecule has 1 aromatic rings. The standard InChI is InChI=1S/C12H18N4/c1-12(2,3)15-7-5-11(9-15)16-10(8-13)4-6-14-16/h4,6,11H,5,7,9H2,1-3H3. The third-order valence-corrected chi connectivity index (χ3v) is 3.24. The van der Waals surface area contributed by atoms with Crippen LogP contribution >= 0.6 is 0 Å². The Morgan fingerprint density at radius 3 is 2.81 bits per heavy atom. The molecule has 1 aliphatic rings. The summed E-state index contributed by atoms with van der Waals surface area (Å²) in [7, 11) is 0. The van der Waals surface area contributed by atoms with Crippen LogP contribution < -0.4 is 0 Å². The van der Waals surface area contributed by atoms with Gasteiger partial charge in [-0.15, -0.1) is 0 Å². The second-order valence-corrected chi connectivity index (χ2v) is 5.33. The number of rotatable bonds is 1. The van der Waals surface area contributed by atoms with Crippen molar-refractivity contribution < 1.29 is 0 Å². The minimum atomic E-state index is 0.203. The zero-order valence-corrected chi connectivity index (χ0v) is 10.1. The second kappa shape index (κ2) is 3.91. The molecule has 4 heteroatoms. The Morgan fingerprint density at radius 1 is 1.50 bits per heavy atom. The lowest BCUT2D eigenvalue weighted by atomic mass is 10.1. The maximum absolute atomic E-state index is 8.97. The Hall–Kier alpha value is -1.34. The molecule has 0 aromatic carbocycles. The monoisotopic (exact) mass is 218 g/mol. The summed E-state index contributed by atoms with van der Waals surface area (Å²) in [6.07, 6.45) is 2.78. The van der Waals surface area contributed by atoms with E-state index in [0.717, 1.165) is 19.5 Å². The Labute approximate surface area is 96.5 Å². The van der Waals surface area contributed by atoms with Gasteiger partial charge in [0.2, 0.25) is 0 Å². The van der Waals surface area contributed by atoms with Crippen molar-refractivity contribution in [2.75, 3.05) is 13.1 Å². The van der Waals surface area contributed by atoms with Gasteiger partial charge in [0, 0.05) is 18.6 Å². The lowest BCUT2D eigenvalue weighted by molar-refractivity contribution is 0.167. The number of nitriles is 1. The Morgan fingerprint density at radius 2 is 2.25 bits per heavy atom. The van der Waals surface area contributed by atoms with E-state index in [1.165, 1.54) is 0 Å². The van der Waals surface area contributed by atoms with Crippen LogP contribution in [0.4, 0.5) is 0 Å². The summed E-state index contributed by atoms with van der Waals surface area (Å²) in [6, 6.07) is 4.32. The van der Waals surface area contributed by atoms with E-state index in [1.807, 2.05) is 4.68 Å². The van der Waals surface area contributed by atoms with Crippen molar-refractivity contribution in [3.05, 3.63) is 18.0 Å². The highest BCUT2D eigenvalue weighted by atomic mass is 15.3. The maximum Gasteiger partial charge on any atom is 0.138 e. The summed E-state index contributed by atoms with van der Waals surface area (Å²) < 4.78 is 1.87. The van der Waals surface area contributed by atoms with E-state index in [2.05, 4.69) is 36.8 Å². The SMILES string of the molecule is CC(C)(C)N1CCC(n2nccc2C#N)C1. The van der Waals surface area contributed by atoms with Crippen LogP contribution in [-0.2, 0) is 0 Å². The molecule has 0 N–H and O–H groups in total. The van der Waals surface area contributed by atoms with E-state index in [-0.39, 0.29) is 5.54 Å². The largest absolute Gasteiger partial charge is 0.296 e. The van der Waals surface area contributed by atoms with Gasteiger partial charge in [0.25, 0.3) is 0 Å². The third kappa shape index (κ3) is 1.96. The van der Waals surface area contributed by atoms with Crippen molar-refractivity contribution in [2.45, 2.75) is 38.8 Å². The first kappa shape index (κ1) is 11.2. The van der Waals surface area contributed by atoms with Gasteiger partial charge in [-0.1, -0.05) is 0 Å². The van der Waals surface area contributed by atoms with Crippen LogP contribution in [0, 0.1) is 11.3 Å². The summed E-state index contributed by atoms with van der Waals surface area (Å²) in [5.74, 6) is 0. The van der Waals surface area contributed by atoms with Crippen molar-refractivity contribution in [3.8, 4) is 6.07 Å². The summed E-state index contributed by atoms with van der Waals surface area (Å²) in [4.78, 5) is 2.44. The quantitative estimate of drug-likeness (QED) is 0.722. The molecule has 1 fully saturated rings. The number of hydrogen-bond donors (Lipinski definition) is 0. The summed E-state index contributed by atoms with van der Waals surface area (Å²) in [6.45, 7) is 8.75. The molecule has 1 unspecified atom stereocenters. The summed E-state index contributed by atoms with van der Waals surface area (Å²) >= 11 is 0. The molecular weight excluding hydrogens is 200 g/mol. The number of nitrogens with zero attached hydrogens (tertiary/aromatic N) is 4. The predicted molar refractivity (Wildman–Crippen MR) is 61.9 cm³/mol. The molecule has 1 atom stereocenters. The molecule has 0 spiro atoms. The molecule has 16 heavy (non-hydrogen) atoms. The molecule has 0 radical (unpaired) electrons. The zero-order chi connectivity index (χ0) is 11.8. The Balaban J connectivity index is 2.13. The Bertz CT molecular complexity index is 407. The average Bonchev–Trinajstić information content (AvgIpc) is 2.84. The molecule has 2 heterocycles. The van der Waals surface area contributed by atoms with Crippen molar-refractivity contribution in [1.82, 2.24) is 14.7 Å². The first-order valence-electron chi connectivity index (χ1n) is 5.71. The average molecular weight is 218 g/mol. The fourth-order valence-corrected chi connectivity index (χ4v) is 2.24. The lowest BCUT2D eigenvalue weighted by Gasteiger charge is -2.31. The van der Waals surface area contributed by atoms with Crippen LogP contribution in [-0.4, -0.2) is 33.3 Å². The van der Waals surface area contributed by atoms with Crippen LogP contribution in [0.25, 0.3) is 0 Å². The molecule has 0 bridgehead atoms. The molecule has 1 aromatic heterocycles. The molecule has 0 saturated carbocycles. The van der Waals surface area contributed by atoms with Crippen molar-refractivity contribution in [1.29, 1.82) is 5.26 Å². The smallest absolute Gasteiger partial charge is 0.138 e. The van der Waals surface area contributed by atoms with E-state index in [4.69, 9.17) is 5.26 Å². The minimum absolute atomic E-state index is 0.203.